The van der Waals surface area contributed by atoms with E-state index in [4.69, 9.17) is 16.9 Å². The van der Waals surface area contributed by atoms with E-state index in [1.54, 1.807) is 6.07 Å². The van der Waals surface area contributed by atoms with Crippen molar-refractivity contribution >= 4 is 43.5 Å². The molecule has 0 bridgehead atoms. The number of hydrogen-bond acceptors (Lipinski definition) is 1. The van der Waals surface area contributed by atoms with E-state index in [1.165, 1.54) is 0 Å². The summed E-state index contributed by atoms with van der Waals surface area (Å²) in [6.45, 7) is 0. The maximum Gasteiger partial charge on any atom is 0.0669 e. The van der Waals surface area contributed by atoms with Gasteiger partial charge in [-0.15, -0.1) is 0 Å². The van der Waals surface area contributed by atoms with E-state index in [-0.39, 0.29) is 0 Å². The molecular weight excluding hydrogens is 305 g/mol. The monoisotopic (exact) mass is 307 g/mol. The number of benzene rings is 1. The molecule has 0 aromatic heterocycles. The highest BCUT2D eigenvalue weighted by Crippen LogP contribution is 2.31. The Hall–Kier alpha value is -0.0400. The largest absolute Gasteiger partial charge is 0.198 e. The van der Waals surface area contributed by atoms with E-state index >= 15 is 0 Å². The van der Waals surface area contributed by atoms with Crippen LogP contribution in [0.5, 0.6) is 0 Å². The summed E-state index contributed by atoms with van der Waals surface area (Å²) in [5, 5.41) is 9.07. The number of nitriles is 1. The lowest BCUT2D eigenvalue weighted by molar-refractivity contribution is 1.25. The second kappa shape index (κ2) is 4.27. The molecule has 0 spiro atoms. The van der Waals surface area contributed by atoms with E-state index in [1.807, 2.05) is 6.07 Å². The minimum Gasteiger partial charge on any atom is -0.198 e. The molecular formula is C8H4Br2ClN. The van der Waals surface area contributed by atoms with Gasteiger partial charge in [-0.1, -0.05) is 11.6 Å². The Morgan fingerprint density at radius 1 is 1.42 bits per heavy atom. The average Bonchev–Trinajstić information content (AvgIpc) is 2.01. The summed E-state index contributed by atoms with van der Waals surface area (Å²) < 4.78 is 1.70. The SMILES string of the molecule is N#CCc1cc(Cl)c(Br)c(Br)c1. The highest BCUT2D eigenvalue weighted by Gasteiger charge is 2.04. The standard InChI is InChI=1S/C8H4Br2ClN/c9-6-3-5(1-2-12)4-7(11)8(6)10/h3-4H,1H2. The van der Waals surface area contributed by atoms with Crippen LogP contribution in [0, 0.1) is 11.3 Å². The fourth-order valence-corrected chi connectivity index (χ4v) is 1.89. The van der Waals surface area contributed by atoms with Crippen molar-refractivity contribution in [3.05, 3.63) is 31.7 Å². The molecule has 0 fully saturated rings. The number of halogens is 3. The molecule has 0 aliphatic carbocycles. The molecule has 0 N–H and O–H groups in total. The molecule has 62 valence electrons. The van der Waals surface area contributed by atoms with Crippen LogP contribution in [0.1, 0.15) is 5.56 Å². The number of rotatable bonds is 1. The van der Waals surface area contributed by atoms with E-state index in [0.29, 0.717) is 11.4 Å². The van der Waals surface area contributed by atoms with Gasteiger partial charge < -0.3 is 0 Å². The van der Waals surface area contributed by atoms with E-state index in [0.717, 1.165) is 14.5 Å². The van der Waals surface area contributed by atoms with Crippen LogP contribution in [0.15, 0.2) is 21.1 Å². The van der Waals surface area contributed by atoms with Crippen molar-refractivity contribution in [3.8, 4) is 6.07 Å². The first-order valence-electron chi connectivity index (χ1n) is 3.15. The van der Waals surface area contributed by atoms with Gasteiger partial charge in [-0.2, -0.15) is 5.26 Å². The van der Waals surface area contributed by atoms with Gasteiger partial charge in [-0.25, -0.2) is 0 Å². The molecule has 0 amide bonds. The summed E-state index contributed by atoms with van der Waals surface area (Å²) in [4.78, 5) is 0. The van der Waals surface area contributed by atoms with Crippen molar-refractivity contribution < 1.29 is 0 Å². The molecule has 12 heavy (non-hydrogen) atoms. The molecule has 0 saturated heterocycles. The van der Waals surface area contributed by atoms with Gasteiger partial charge in [0, 0.05) is 4.47 Å². The second-order valence-corrected chi connectivity index (χ2v) is 4.26. The molecule has 0 aliphatic rings. The van der Waals surface area contributed by atoms with Crippen molar-refractivity contribution in [3.63, 3.8) is 0 Å². The first kappa shape index (κ1) is 10.0. The Morgan fingerprint density at radius 2 is 2.08 bits per heavy atom. The number of hydrogen-bond donors (Lipinski definition) is 0. The summed E-state index contributed by atoms with van der Waals surface area (Å²) in [6.07, 6.45) is 0.381. The molecule has 0 radical (unpaired) electrons. The van der Waals surface area contributed by atoms with E-state index < -0.39 is 0 Å². The third kappa shape index (κ3) is 2.22. The molecule has 1 nitrogen and oxygen atoms in total. The molecule has 1 rings (SSSR count). The van der Waals surface area contributed by atoms with Crippen LogP contribution in [-0.4, -0.2) is 0 Å². The topological polar surface area (TPSA) is 23.8 Å². The van der Waals surface area contributed by atoms with Crippen LogP contribution in [0.2, 0.25) is 5.02 Å². The van der Waals surface area contributed by atoms with Crippen molar-refractivity contribution in [1.82, 2.24) is 0 Å². The van der Waals surface area contributed by atoms with Crippen molar-refractivity contribution in [2.75, 3.05) is 0 Å². The minimum absolute atomic E-state index is 0.381. The second-order valence-electron chi connectivity index (χ2n) is 2.21. The van der Waals surface area contributed by atoms with Gasteiger partial charge in [-0.3, -0.25) is 0 Å². The highest BCUT2D eigenvalue weighted by atomic mass is 79.9. The van der Waals surface area contributed by atoms with Crippen LogP contribution >= 0.6 is 43.5 Å². The lowest BCUT2D eigenvalue weighted by atomic mass is 10.2. The zero-order chi connectivity index (χ0) is 9.14. The van der Waals surface area contributed by atoms with Gasteiger partial charge in [0.15, 0.2) is 0 Å². The van der Waals surface area contributed by atoms with Gasteiger partial charge >= 0.3 is 0 Å². The molecule has 1 aromatic rings. The van der Waals surface area contributed by atoms with Crippen molar-refractivity contribution in [1.29, 1.82) is 5.26 Å². The fraction of sp³-hybridized carbons (Fsp3) is 0.125. The van der Waals surface area contributed by atoms with Gasteiger partial charge in [0.1, 0.15) is 0 Å². The van der Waals surface area contributed by atoms with Gasteiger partial charge in [0.25, 0.3) is 0 Å². The summed E-state index contributed by atoms with van der Waals surface area (Å²) >= 11 is 12.5. The normalized spacial score (nSPS) is 9.50. The Morgan fingerprint density at radius 3 is 2.58 bits per heavy atom. The average molecular weight is 309 g/mol. The van der Waals surface area contributed by atoms with Crippen LogP contribution in [0.25, 0.3) is 0 Å². The molecule has 4 heteroatoms. The maximum absolute atomic E-state index is 8.45. The Labute approximate surface area is 92.6 Å². The lowest BCUT2D eigenvalue weighted by Gasteiger charge is -2.01. The number of nitrogens with zero attached hydrogens (tertiary/aromatic N) is 1. The van der Waals surface area contributed by atoms with Crippen LogP contribution < -0.4 is 0 Å². The summed E-state index contributed by atoms with van der Waals surface area (Å²) in [5.74, 6) is 0. The highest BCUT2D eigenvalue weighted by molar-refractivity contribution is 9.13. The Bertz CT molecular complexity index is 320. The van der Waals surface area contributed by atoms with E-state index in [2.05, 4.69) is 37.9 Å². The maximum atomic E-state index is 8.45. The predicted molar refractivity (Wildman–Crippen MR) is 56.2 cm³/mol. The van der Waals surface area contributed by atoms with Crippen molar-refractivity contribution in [2.24, 2.45) is 0 Å². The third-order valence-corrected chi connectivity index (χ3v) is 3.86. The van der Waals surface area contributed by atoms with Crippen molar-refractivity contribution in [2.45, 2.75) is 6.42 Å². The zero-order valence-corrected chi connectivity index (χ0v) is 9.87. The summed E-state index contributed by atoms with van der Waals surface area (Å²) in [6, 6.07) is 5.71. The molecule has 0 aliphatic heterocycles. The third-order valence-electron chi connectivity index (χ3n) is 1.33. The van der Waals surface area contributed by atoms with Gasteiger partial charge in [0.05, 0.1) is 22.0 Å². The quantitative estimate of drug-likeness (QED) is 0.721. The summed E-state index contributed by atoms with van der Waals surface area (Å²) in [5.41, 5.74) is 0.914. The molecule has 1 aromatic carbocycles. The lowest BCUT2D eigenvalue weighted by Crippen LogP contribution is -1.83. The molecule has 0 atom stereocenters. The zero-order valence-electron chi connectivity index (χ0n) is 5.94. The van der Waals surface area contributed by atoms with Gasteiger partial charge in [-0.05, 0) is 49.6 Å². The Balaban J connectivity index is 3.14. The molecule has 0 heterocycles. The summed E-state index contributed by atoms with van der Waals surface area (Å²) in [7, 11) is 0. The molecule has 0 saturated carbocycles. The van der Waals surface area contributed by atoms with E-state index in [9.17, 15) is 0 Å². The predicted octanol–water partition coefficient (Wildman–Crippen LogP) is 3.93. The minimum atomic E-state index is 0.381. The molecule has 0 unspecified atom stereocenters. The first-order chi connectivity index (χ1) is 5.65. The van der Waals surface area contributed by atoms with Crippen LogP contribution in [0.3, 0.4) is 0 Å². The van der Waals surface area contributed by atoms with Crippen LogP contribution in [0.4, 0.5) is 0 Å². The van der Waals surface area contributed by atoms with Gasteiger partial charge in [0.2, 0.25) is 0 Å². The van der Waals surface area contributed by atoms with Crippen LogP contribution in [-0.2, 0) is 6.42 Å². The Kier molecular flexibility index (Phi) is 3.57. The smallest absolute Gasteiger partial charge is 0.0669 e. The first-order valence-corrected chi connectivity index (χ1v) is 5.12. The fourth-order valence-electron chi connectivity index (χ4n) is 0.801.